The fourth-order valence-corrected chi connectivity index (χ4v) is 2.18. The molecule has 0 amide bonds. The summed E-state index contributed by atoms with van der Waals surface area (Å²) in [7, 11) is 0. The first-order valence-corrected chi connectivity index (χ1v) is 5.18. The lowest BCUT2D eigenvalue weighted by Crippen LogP contribution is -1.86. The van der Waals surface area contributed by atoms with Gasteiger partial charge in [-0.2, -0.15) is 0 Å². The predicted molar refractivity (Wildman–Crippen MR) is 56.0 cm³/mol. The SMILES string of the molecule is CCc1cc(Br)cc(C)c1Br. The maximum atomic E-state index is 3.55. The zero-order chi connectivity index (χ0) is 8.43. The van der Waals surface area contributed by atoms with Gasteiger partial charge in [-0.3, -0.25) is 0 Å². The second-order valence-electron chi connectivity index (χ2n) is 2.55. The van der Waals surface area contributed by atoms with E-state index in [1.165, 1.54) is 15.6 Å². The monoisotopic (exact) mass is 276 g/mol. The highest BCUT2D eigenvalue weighted by Gasteiger charge is 2.01. The molecule has 0 fully saturated rings. The van der Waals surface area contributed by atoms with Crippen LogP contribution in [0.25, 0.3) is 0 Å². The second-order valence-corrected chi connectivity index (χ2v) is 4.26. The van der Waals surface area contributed by atoms with Crippen molar-refractivity contribution in [3.8, 4) is 0 Å². The summed E-state index contributed by atoms with van der Waals surface area (Å²) in [5, 5.41) is 0. The lowest BCUT2D eigenvalue weighted by molar-refractivity contribution is 1.11. The van der Waals surface area contributed by atoms with Crippen LogP contribution in [0.5, 0.6) is 0 Å². The lowest BCUT2D eigenvalue weighted by atomic mass is 10.1. The zero-order valence-corrected chi connectivity index (χ0v) is 9.79. The van der Waals surface area contributed by atoms with E-state index in [2.05, 4.69) is 57.8 Å². The van der Waals surface area contributed by atoms with Gasteiger partial charge in [0, 0.05) is 8.95 Å². The molecule has 1 rings (SSSR count). The Hall–Kier alpha value is 0.180. The summed E-state index contributed by atoms with van der Waals surface area (Å²) in [4.78, 5) is 0. The van der Waals surface area contributed by atoms with Gasteiger partial charge in [0.2, 0.25) is 0 Å². The summed E-state index contributed by atoms with van der Waals surface area (Å²) in [6.45, 7) is 4.26. The maximum absolute atomic E-state index is 3.55. The van der Waals surface area contributed by atoms with Crippen molar-refractivity contribution in [3.05, 3.63) is 32.2 Å². The average Bonchev–Trinajstić information content (AvgIpc) is 1.96. The van der Waals surface area contributed by atoms with Gasteiger partial charge in [0.05, 0.1) is 0 Å². The molecule has 0 heterocycles. The molecular formula is C9H10Br2. The molecule has 1 aromatic carbocycles. The molecule has 2 heteroatoms. The van der Waals surface area contributed by atoms with Gasteiger partial charge >= 0.3 is 0 Å². The first-order chi connectivity index (χ1) is 5.15. The molecule has 0 aliphatic carbocycles. The fraction of sp³-hybridized carbons (Fsp3) is 0.333. The van der Waals surface area contributed by atoms with Crippen LogP contribution in [0.4, 0.5) is 0 Å². The van der Waals surface area contributed by atoms with Crippen molar-refractivity contribution >= 4 is 31.9 Å². The molecule has 11 heavy (non-hydrogen) atoms. The summed E-state index contributed by atoms with van der Waals surface area (Å²) in [6, 6.07) is 4.26. The minimum Gasteiger partial charge on any atom is -0.0613 e. The van der Waals surface area contributed by atoms with Crippen LogP contribution < -0.4 is 0 Å². The standard InChI is InChI=1S/C9H10Br2/c1-3-7-5-8(10)4-6(2)9(7)11/h4-5H,3H2,1-2H3. The van der Waals surface area contributed by atoms with Gasteiger partial charge in [-0.15, -0.1) is 0 Å². The van der Waals surface area contributed by atoms with Gasteiger partial charge in [-0.25, -0.2) is 0 Å². The van der Waals surface area contributed by atoms with E-state index in [1.54, 1.807) is 0 Å². The highest BCUT2D eigenvalue weighted by atomic mass is 79.9. The van der Waals surface area contributed by atoms with Gasteiger partial charge in [-0.1, -0.05) is 38.8 Å². The van der Waals surface area contributed by atoms with Crippen LogP contribution in [0, 0.1) is 6.92 Å². The minimum absolute atomic E-state index is 1.07. The van der Waals surface area contributed by atoms with E-state index in [1.807, 2.05) is 0 Å². The zero-order valence-electron chi connectivity index (χ0n) is 6.62. The first kappa shape index (κ1) is 9.27. The van der Waals surface area contributed by atoms with Gasteiger partial charge in [-0.05, 0) is 36.6 Å². The van der Waals surface area contributed by atoms with E-state index in [4.69, 9.17) is 0 Å². The highest BCUT2D eigenvalue weighted by molar-refractivity contribution is 9.11. The smallest absolute Gasteiger partial charge is 0.0237 e. The maximum Gasteiger partial charge on any atom is 0.0237 e. The van der Waals surface area contributed by atoms with Gasteiger partial charge in [0.15, 0.2) is 0 Å². The molecule has 0 aliphatic rings. The molecule has 0 nitrogen and oxygen atoms in total. The van der Waals surface area contributed by atoms with Gasteiger partial charge in [0.1, 0.15) is 0 Å². The Kier molecular flexibility index (Phi) is 3.14. The Labute approximate surface area is 84.3 Å². The third-order valence-corrected chi connectivity index (χ3v) is 3.27. The van der Waals surface area contributed by atoms with Crippen LogP contribution in [0.3, 0.4) is 0 Å². The molecule has 0 aliphatic heterocycles. The van der Waals surface area contributed by atoms with Crippen molar-refractivity contribution in [2.45, 2.75) is 20.3 Å². The Morgan fingerprint density at radius 3 is 2.45 bits per heavy atom. The van der Waals surface area contributed by atoms with Crippen LogP contribution >= 0.6 is 31.9 Å². The topological polar surface area (TPSA) is 0 Å². The van der Waals surface area contributed by atoms with E-state index < -0.39 is 0 Å². The van der Waals surface area contributed by atoms with Crippen LogP contribution in [0.1, 0.15) is 18.1 Å². The normalized spacial score (nSPS) is 10.2. The molecule has 0 saturated heterocycles. The van der Waals surface area contributed by atoms with Crippen molar-refractivity contribution in [1.29, 1.82) is 0 Å². The quantitative estimate of drug-likeness (QED) is 0.726. The number of hydrogen-bond acceptors (Lipinski definition) is 0. The van der Waals surface area contributed by atoms with Crippen LogP contribution in [-0.2, 0) is 6.42 Å². The molecule has 1 aromatic rings. The van der Waals surface area contributed by atoms with Crippen molar-refractivity contribution in [2.75, 3.05) is 0 Å². The van der Waals surface area contributed by atoms with Crippen LogP contribution in [0.15, 0.2) is 21.1 Å². The summed E-state index contributed by atoms with van der Waals surface area (Å²) >= 11 is 7.02. The Morgan fingerprint density at radius 1 is 1.27 bits per heavy atom. The number of halogens is 2. The molecule has 0 radical (unpaired) electrons. The molecule has 0 unspecified atom stereocenters. The van der Waals surface area contributed by atoms with Crippen molar-refractivity contribution in [3.63, 3.8) is 0 Å². The Balaban J connectivity index is 3.24. The fourth-order valence-electron chi connectivity index (χ4n) is 1.05. The van der Waals surface area contributed by atoms with Crippen molar-refractivity contribution in [2.24, 2.45) is 0 Å². The molecule has 0 atom stereocenters. The van der Waals surface area contributed by atoms with E-state index in [-0.39, 0.29) is 0 Å². The Morgan fingerprint density at radius 2 is 1.91 bits per heavy atom. The van der Waals surface area contributed by atoms with Crippen molar-refractivity contribution in [1.82, 2.24) is 0 Å². The third-order valence-electron chi connectivity index (χ3n) is 1.68. The van der Waals surface area contributed by atoms with E-state index in [9.17, 15) is 0 Å². The van der Waals surface area contributed by atoms with Gasteiger partial charge < -0.3 is 0 Å². The number of hydrogen-bond donors (Lipinski definition) is 0. The molecule has 0 saturated carbocycles. The number of rotatable bonds is 1. The molecule has 0 N–H and O–H groups in total. The van der Waals surface area contributed by atoms with E-state index in [0.717, 1.165) is 10.9 Å². The molecule has 0 spiro atoms. The predicted octanol–water partition coefficient (Wildman–Crippen LogP) is 4.08. The first-order valence-electron chi connectivity index (χ1n) is 3.59. The highest BCUT2D eigenvalue weighted by Crippen LogP contribution is 2.26. The van der Waals surface area contributed by atoms with Crippen LogP contribution in [0.2, 0.25) is 0 Å². The summed E-state index contributed by atoms with van der Waals surface area (Å²) in [5.41, 5.74) is 2.65. The average molecular weight is 278 g/mol. The van der Waals surface area contributed by atoms with Crippen molar-refractivity contribution < 1.29 is 0 Å². The summed E-state index contributed by atoms with van der Waals surface area (Å²) in [6.07, 6.45) is 1.07. The van der Waals surface area contributed by atoms with Gasteiger partial charge in [0.25, 0.3) is 0 Å². The Bertz CT molecular complexity index is 267. The largest absolute Gasteiger partial charge is 0.0613 e. The number of aryl methyl sites for hydroxylation is 2. The molecule has 0 aromatic heterocycles. The van der Waals surface area contributed by atoms with Crippen LogP contribution in [-0.4, -0.2) is 0 Å². The second kappa shape index (κ2) is 3.72. The number of benzene rings is 1. The minimum atomic E-state index is 1.07. The lowest BCUT2D eigenvalue weighted by Gasteiger charge is -2.05. The molecule has 60 valence electrons. The molecule has 0 bridgehead atoms. The molecular weight excluding hydrogens is 268 g/mol. The van der Waals surface area contributed by atoms with E-state index >= 15 is 0 Å². The summed E-state index contributed by atoms with van der Waals surface area (Å²) < 4.78 is 2.40. The third kappa shape index (κ3) is 2.06. The van der Waals surface area contributed by atoms with E-state index in [0.29, 0.717) is 0 Å². The summed E-state index contributed by atoms with van der Waals surface area (Å²) in [5.74, 6) is 0.